The van der Waals surface area contributed by atoms with Crippen LogP contribution in [0.4, 0.5) is 0 Å². The van der Waals surface area contributed by atoms with E-state index in [0.717, 1.165) is 21.2 Å². The highest BCUT2D eigenvalue weighted by molar-refractivity contribution is 9.10. The van der Waals surface area contributed by atoms with Crippen LogP contribution in [0.15, 0.2) is 58.4 Å². The van der Waals surface area contributed by atoms with E-state index in [4.69, 9.17) is 33.7 Å². The van der Waals surface area contributed by atoms with E-state index in [2.05, 4.69) is 32.2 Å². The van der Waals surface area contributed by atoms with Crippen LogP contribution in [0.1, 0.15) is 17.0 Å². The Hall–Kier alpha value is -2.46. The van der Waals surface area contributed by atoms with Crippen molar-refractivity contribution >= 4 is 39.1 Å². The molecule has 4 rings (SSSR count). The number of nitrogens with two attached hydrogens (primary N) is 1. The van der Waals surface area contributed by atoms with Crippen LogP contribution in [0, 0.1) is 11.3 Å². The summed E-state index contributed by atoms with van der Waals surface area (Å²) in [5.74, 6) is -0.0563. The zero-order valence-corrected chi connectivity index (χ0v) is 16.7. The fourth-order valence-electron chi connectivity index (χ4n) is 3.14. The lowest BCUT2D eigenvalue weighted by Crippen LogP contribution is -2.21. The molecular weight excluding hydrogens is 451 g/mol. The van der Waals surface area contributed by atoms with Crippen LogP contribution in [-0.2, 0) is 0 Å². The van der Waals surface area contributed by atoms with Crippen molar-refractivity contribution in [3.63, 3.8) is 0 Å². The Balaban J connectivity index is 1.96. The molecule has 2 heterocycles. The molecule has 8 heteroatoms. The minimum atomic E-state index is -0.431. The van der Waals surface area contributed by atoms with Gasteiger partial charge in [0, 0.05) is 10.0 Å². The first kappa shape index (κ1) is 17.9. The number of nitriles is 1. The van der Waals surface area contributed by atoms with Gasteiger partial charge in [-0.2, -0.15) is 5.26 Å². The van der Waals surface area contributed by atoms with Crippen LogP contribution in [0.5, 0.6) is 5.88 Å². The molecule has 1 aliphatic rings. The maximum Gasteiger partial charge on any atom is 0.244 e. The fourth-order valence-corrected chi connectivity index (χ4v) is 3.85. The molecule has 3 N–H and O–H groups in total. The topological polar surface area (TPSA) is 87.7 Å². The van der Waals surface area contributed by atoms with Gasteiger partial charge in [0.2, 0.25) is 11.8 Å². The number of hydrogen-bond acceptors (Lipinski definition) is 4. The van der Waals surface area contributed by atoms with Crippen molar-refractivity contribution in [3.8, 4) is 23.2 Å². The van der Waals surface area contributed by atoms with Crippen molar-refractivity contribution in [2.45, 2.75) is 5.92 Å². The Bertz CT molecular complexity index is 1130. The highest BCUT2D eigenvalue weighted by Gasteiger charge is 2.35. The molecule has 1 aliphatic heterocycles. The standard InChI is InChI=1S/C19H11BrCl2N4O/c20-11-3-1-2-9(6-11)15-12(8-23)18(24)27-19-16(15)17(25-26-19)10-4-5-13(21)14(22)7-10/h1-7,15H,24H2,(H,25,26)/t15-/m1/s1. The first-order valence-corrected chi connectivity index (χ1v) is 9.41. The van der Waals surface area contributed by atoms with Gasteiger partial charge in [0.1, 0.15) is 11.6 Å². The number of nitrogens with zero attached hydrogens (tertiary/aromatic N) is 2. The molecule has 5 nitrogen and oxygen atoms in total. The normalized spacial score (nSPS) is 15.9. The minimum absolute atomic E-state index is 0.0437. The summed E-state index contributed by atoms with van der Waals surface area (Å²) in [6.07, 6.45) is 0. The average Bonchev–Trinajstić information content (AvgIpc) is 3.06. The van der Waals surface area contributed by atoms with Crippen molar-refractivity contribution in [2.24, 2.45) is 5.73 Å². The maximum absolute atomic E-state index is 9.72. The molecule has 2 aromatic carbocycles. The van der Waals surface area contributed by atoms with Crippen LogP contribution in [0.25, 0.3) is 11.3 Å². The number of ether oxygens (including phenoxy) is 1. The summed E-state index contributed by atoms with van der Waals surface area (Å²) >= 11 is 15.7. The second-order valence-electron chi connectivity index (χ2n) is 5.93. The molecule has 1 atom stereocenters. The first-order chi connectivity index (χ1) is 13.0. The van der Waals surface area contributed by atoms with E-state index in [1.54, 1.807) is 12.1 Å². The van der Waals surface area contributed by atoms with E-state index in [1.165, 1.54) is 0 Å². The fraction of sp³-hybridized carbons (Fsp3) is 0.0526. The van der Waals surface area contributed by atoms with Crippen LogP contribution >= 0.6 is 39.1 Å². The zero-order chi connectivity index (χ0) is 19.1. The van der Waals surface area contributed by atoms with Gasteiger partial charge in [-0.3, -0.25) is 5.10 Å². The molecule has 0 amide bonds. The molecule has 0 bridgehead atoms. The third kappa shape index (κ3) is 3.08. The molecular formula is C19H11BrCl2N4O. The van der Waals surface area contributed by atoms with Crippen LogP contribution in [0.2, 0.25) is 10.0 Å². The molecule has 0 unspecified atom stereocenters. The predicted molar refractivity (Wildman–Crippen MR) is 107 cm³/mol. The Kier molecular flexibility index (Phi) is 4.60. The molecule has 0 saturated carbocycles. The summed E-state index contributed by atoms with van der Waals surface area (Å²) in [5, 5.41) is 17.8. The molecule has 0 spiro atoms. The van der Waals surface area contributed by atoms with Gasteiger partial charge in [-0.25, -0.2) is 0 Å². The number of nitrogens with one attached hydrogen (secondary N) is 1. The minimum Gasteiger partial charge on any atom is -0.420 e. The molecule has 0 saturated heterocycles. The smallest absolute Gasteiger partial charge is 0.244 e. The van der Waals surface area contributed by atoms with Crippen molar-refractivity contribution in [2.75, 3.05) is 0 Å². The van der Waals surface area contributed by atoms with Gasteiger partial charge in [-0.15, -0.1) is 5.10 Å². The second-order valence-corrected chi connectivity index (χ2v) is 7.66. The Morgan fingerprint density at radius 3 is 2.70 bits per heavy atom. The summed E-state index contributed by atoms with van der Waals surface area (Å²) < 4.78 is 6.49. The predicted octanol–water partition coefficient (Wildman–Crippen LogP) is 5.36. The number of rotatable bonds is 2. The van der Waals surface area contributed by atoms with Crippen molar-refractivity contribution in [3.05, 3.63) is 79.6 Å². The summed E-state index contributed by atoms with van der Waals surface area (Å²) in [5.41, 5.74) is 9.39. The molecule has 0 aliphatic carbocycles. The lowest BCUT2D eigenvalue weighted by molar-refractivity contribution is 0.379. The van der Waals surface area contributed by atoms with Crippen molar-refractivity contribution in [1.29, 1.82) is 5.26 Å². The zero-order valence-electron chi connectivity index (χ0n) is 13.6. The summed E-state index contributed by atoms with van der Waals surface area (Å²) in [7, 11) is 0. The van der Waals surface area contributed by atoms with Crippen LogP contribution in [-0.4, -0.2) is 10.2 Å². The number of allylic oxidation sites excluding steroid dienone is 1. The van der Waals surface area contributed by atoms with Crippen LogP contribution < -0.4 is 10.5 Å². The third-order valence-electron chi connectivity index (χ3n) is 4.33. The largest absolute Gasteiger partial charge is 0.420 e. The summed E-state index contributed by atoms with van der Waals surface area (Å²) in [6.45, 7) is 0. The van der Waals surface area contributed by atoms with Gasteiger partial charge in [0.15, 0.2) is 0 Å². The van der Waals surface area contributed by atoms with Gasteiger partial charge < -0.3 is 10.5 Å². The van der Waals surface area contributed by atoms with Crippen LogP contribution in [0.3, 0.4) is 0 Å². The lowest BCUT2D eigenvalue weighted by Gasteiger charge is -2.24. The Morgan fingerprint density at radius 2 is 2.00 bits per heavy atom. The van der Waals surface area contributed by atoms with Gasteiger partial charge in [0.25, 0.3) is 0 Å². The highest BCUT2D eigenvalue weighted by atomic mass is 79.9. The third-order valence-corrected chi connectivity index (χ3v) is 5.56. The van der Waals surface area contributed by atoms with E-state index < -0.39 is 5.92 Å². The monoisotopic (exact) mass is 460 g/mol. The van der Waals surface area contributed by atoms with Crippen molar-refractivity contribution in [1.82, 2.24) is 10.2 Å². The molecule has 1 aromatic heterocycles. The molecule has 27 heavy (non-hydrogen) atoms. The number of benzene rings is 2. The van der Waals surface area contributed by atoms with E-state index in [-0.39, 0.29) is 5.88 Å². The van der Waals surface area contributed by atoms with Gasteiger partial charge in [-0.05, 0) is 29.8 Å². The maximum atomic E-state index is 9.72. The van der Waals surface area contributed by atoms with Crippen molar-refractivity contribution < 1.29 is 4.74 Å². The molecule has 0 fully saturated rings. The lowest BCUT2D eigenvalue weighted by atomic mass is 9.83. The van der Waals surface area contributed by atoms with Gasteiger partial charge in [0.05, 0.1) is 27.2 Å². The summed E-state index contributed by atoms with van der Waals surface area (Å²) in [6, 6.07) is 15.1. The van der Waals surface area contributed by atoms with E-state index >= 15 is 0 Å². The van der Waals surface area contributed by atoms with E-state index in [1.807, 2.05) is 30.3 Å². The second kappa shape index (κ2) is 6.93. The highest BCUT2D eigenvalue weighted by Crippen LogP contribution is 2.46. The first-order valence-electron chi connectivity index (χ1n) is 7.86. The summed E-state index contributed by atoms with van der Waals surface area (Å²) in [4.78, 5) is 0. The van der Waals surface area contributed by atoms with Gasteiger partial charge >= 0.3 is 0 Å². The van der Waals surface area contributed by atoms with E-state index in [9.17, 15) is 5.26 Å². The average molecular weight is 462 g/mol. The SMILES string of the molecule is N#CC1=C(N)Oc2n[nH]c(-c3ccc(Cl)c(Cl)c3)c2[C@@H]1c1cccc(Br)c1. The Labute approximate surface area is 173 Å². The molecule has 134 valence electrons. The quantitative estimate of drug-likeness (QED) is 0.537. The van der Waals surface area contributed by atoms with E-state index in [0.29, 0.717) is 27.2 Å². The number of hydrogen-bond donors (Lipinski definition) is 2. The number of aromatic amines is 1. The molecule has 0 radical (unpaired) electrons. The number of H-pyrrole nitrogens is 1. The molecule has 3 aromatic rings. The van der Waals surface area contributed by atoms with Gasteiger partial charge in [-0.1, -0.05) is 57.3 Å². The Morgan fingerprint density at radius 1 is 1.19 bits per heavy atom. The number of fused-ring (bicyclic) bond motifs is 1. The number of halogens is 3. The number of aromatic nitrogens is 2.